The maximum Gasteiger partial charge on any atom is 0.275 e. The molecule has 3 N–H and O–H groups in total. The van der Waals surface area contributed by atoms with Gasteiger partial charge in [-0.1, -0.05) is 12.1 Å². The van der Waals surface area contributed by atoms with Crippen LogP contribution in [0.4, 0.5) is 5.69 Å². The summed E-state index contributed by atoms with van der Waals surface area (Å²) in [6, 6.07) is 7.40. The van der Waals surface area contributed by atoms with E-state index in [1.165, 1.54) is 11.3 Å². The molecule has 6 nitrogen and oxygen atoms in total. The summed E-state index contributed by atoms with van der Waals surface area (Å²) in [5, 5.41) is 5.44. The highest BCUT2D eigenvalue weighted by Gasteiger charge is 2.17. The number of benzene rings is 1. The first-order valence-electron chi connectivity index (χ1n) is 8.56. The first-order valence-corrected chi connectivity index (χ1v) is 10.6. The summed E-state index contributed by atoms with van der Waals surface area (Å²) in [5.41, 5.74) is 7.55. The number of carbonyl (C=O) groups is 2. The molecule has 1 fully saturated rings. The molecular weight excluding hydrogens is 368 g/mol. The number of carbonyl (C=O) groups excluding carboxylic acids is 2. The lowest BCUT2D eigenvalue weighted by Crippen LogP contribution is -2.38. The van der Waals surface area contributed by atoms with Crippen LogP contribution in [0.3, 0.4) is 0 Å². The van der Waals surface area contributed by atoms with Crippen LogP contribution in [0.25, 0.3) is 0 Å². The van der Waals surface area contributed by atoms with Crippen LogP contribution < -0.4 is 11.1 Å². The van der Waals surface area contributed by atoms with E-state index < -0.39 is 0 Å². The summed E-state index contributed by atoms with van der Waals surface area (Å²) in [6.45, 7) is 2.18. The number of thiazole rings is 1. The van der Waals surface area contributed by atoms with Gasteiger partial charge in [0.25, 0.3) is 5.91 Å². The lowest BCUT2D eigenvalue weighted by atomic mass is 10.1. The van der Waals surface area contributed by atoms with E-state index >= 15 is 0 Å². The highest BCUT2D eigenvalue weighted by molar-refractivity contribution is 7.99. The first-order chi connectivity index (χ1) is 12.7. The highest BCUT2D eigenvalue weighted by Crippen LogP contribution is 2.16. The summed E-state index contributed by atoms with van der Waals surface area (Å²) >= 11 is 3.33. The van der Waals surface area contributed by atoms with Gasteiger partial charge in [-0.3, -0.25) is 9.59 Å². The number of nitrogens with two attached hydrogens (primary N) is 1. The second-order valence-electron chi connectivity index (χ2n) is 5.99. The van der Waals surface area contributed by atoms with E-state index in [0.29, 0.717) is 30.8 Å². The Bertz CT molecular complexity index is 755. The molecular formula is C18H22N4O2S2. The molecule has 2 heterocycles. The Morgan fingerprint density at radius 2 is 1.92 bits per heavy atom. The summed E-state index contributed by atoms with van der Waals surface area (Å²) in [5.74, 6) is 1.96. The van der Waals surface area contributed by atoms with E-state index in [1.807, 2.05) is 40.9 Å². The Morgan fingerprint density at radius 1 is 1.19 bits per heavy atom. The van der Waals surface area contributed by atoms with Crippen LogP contribution in [0.15, 0.2) is 29.6 Å². The van der Waals surface area contributed by atoms with Crippen molar-refractivity contribution in [3.8, 4) is 0 Å². The number of thioether (sulfide) groups is 1. The van der Waals surface area contributed by atoms with E-state index in [1.54, 1.807) is 5.38 Å². The topological polar surface area (TPSA) is 88.3 Å². The fourth-order valence-corrected chi connectivity index (χ4v) is 4.35. The van der Waals surface area contributed by atoms with E-state index in [2.05, 4.69) is 10.3 Å². The monoisotopic (exact) mass is 390 g/mol. The third kappa shape index (κ3) is 5.06. The van der Waals surface area contributed by atoms with Gasteiger partial charge in [-0.25, -0.2) is 4.98 Å². The number of rotatable bonds is 6. The van der Waals surface area contributed by atoms with Crippen LogP contribution in [0, 0.1) is 0 Å². The smallest absolute Gasteiger partial charge is 0.275 e. The second-order valence-corrected chi connectivity index (χ2v) is 8.15. The van der Waals surface area contributed by atoms with Crippen LogP contribution in [0.5, 0.6) is 0 Å². The minimum absolute atomic E-state index is 0.164. The number of hydrogen-bond donors (Lipinski definition) is 2. The molecule has 0 atom stereocenters. The number of hydrogen-bond acceptors (Lipinski definition) is 6. The van der Waals surface area contributed by atoms with Crippen LogP contribution in [-0.2, 0) is 17.6 Å². The van der Waals surface area contributed by atoms with Gasteiger partial charge in [-0.2, -0.15) is 11.8 Å². The van der Waals surface area contributed by atoms with Crippen LogP contribution in [-0.4, -0.2) is 52.8 Å². The number of nitrogens with one attached hydrogen (secondary N) is 1. The fraction of sp³-hybridized carbons (Fsp3) is 0.389. The van der Waals surface area contributed by atoms with Crippen molar-refractivity contribution in [2.45, 2.75) is 12.8 Å². The van der Waals surface area contributed by atoms with Gasteiger partial charge in [-0.05, 0) is 24.2 Å². The zero-order chi connectivity index (χ0) is 18.4. The van der Waals surface area contributed by atoms with Gasteiger partial charge in [0.2, 0.25) is 5.91 Å². The van der Waals surface area contributed by atoms with Gasteiger partial charge in [-0.15, -0.1) is 11.3 Å². The molecule has 0 aliphatic carbocycles. The molecule has 0 bridgehead atoms. The van der Waals surface area contributed by atoms with Gasteiger partial charge < -0.3 is 16.0 Å². The van der Waals surface area contributed by atoms with Crippen LogP contribution in [0.2, 0.25) is 0 Å². The molecule has 1 aromatic carbocycles. The SMILES string of the molecule is NCCc1nc(C(=O)Nc2ccc(CC(=O)N3CCSCC3)cc2)cs1. The van der Waals surface area contributed by atoms with Crippen LogP contribution in [0.1, 0.15) is 21.1 Å². The highest BCUT2D eigenvalue weighted by atomic mass is 32.2. The Balaban J connectivity index is 1.55. The Kier molecular flexibility index (Phi) is 6.65. The molecule has 0 radical (unpaired) electrons. The van der Waals surface area contributed by atoms with Crippen molar-refractivity contribution in [1.82, 2.24) is 9.88 Å². The first kappa shape index (κ1) is 18.9. The van der Waals surface area contributed by atoms with E-state index in [-0.39, 0.29) is 11.8 Å². The molecule has 1 aliphatic heterocycles. The Hall–Kier alpha value is -1.90. The van der Waals surface area contributed by atoms with Crippen molar-refractivity contribution in [2.75, 3.05) is 36.5 Å². The van der Waals surface area contributed by atoms with Gasteiger partial charge >= 0.3 is 0 Å². The maximum absolute atomic E-state index is 12.3. The summed E-state index contributed by atoms with van der Waals surface area (Å²) in [4.78, 5) is 30.7. The quantitative estimate of drug-likeness (QED) is 0.788. The normalized spacial score (nSPS) is 14.3. The van der Waals surface area contributed by atoms with Gasteiger partial charge in [0, 0.05) is 42.1 Å². The number of aromatic nitrogens is 1. The predicted molar refractivity (Wildman–Crippen MR) is 107 cm³/mol. The lowest BCUT2D eigenvalue weighted by Gasteiger charge is -2.26. The number of nitrogens with zero attached hydrogens (tertiary/aromatic N) is 2. The largest absolute Gasteiger partial charge is 0.341 e. The average Bonchev–Trinajstić information content (AvgIpc) is 3.13. The molecule has 8 heteroatoms. The zero-order valence-corrected chi connectivity index (χ0v) is 16.1. The maximum atomic E-state index is 12.3. The van der Waals surface area contributed by atoms with Crippen molar-refractivity contribution in [1.29, 1.82) is 0 Å². The molecule has 26 heavy (non-hydrogen) atoms. The lowest BCUT2D eigenvalue weighted by molar-refractivity contribution is -0.130. The molecule has 1 aliphatic rings. The summed E-state index contributed by atoms with van der Waals surface area (Å²) < 4.78 is 0. The summed E-state index contributed by atoms with van der Waals surface area (Å²) in [6.07, 6.45) is 1.07. The number of anilines is 1. The molecule has 0 saturated carbocycles. The van der Waals surface area contributed by atoms with Crippen LogP contribution >= 0.6 is 23.1 Å². The van der Waals surface area contributed by atoms with E-state index in [9.17, 15) is 9.59 Å². The third-order valence-corrected chi connectivity index (χ3v) is 5.92. The fourth-order valence-electron chi connectivity index (χ4n) is 2.65. The van der Waals surface area contributed by atoms with Gasteiger partial charge in [0.15, 0.2) is 0 Å². The number of amides is 2. The minimum Gasteiger partial charge on any atom is -0.341 e. The molecule has 0 unspecified atom stereocenters. The second kappa shape index (κ2) is 9.16. The Labute approximate surface area is 161 Å². The molecule has 138 valence electrons. The van der Waals surface area contributed by atoms with Crippen molar-refractivity contribution >= 4 is 40.6 Å². The molecule has 1 saturated heterocycles. The standard InChI is InChI=1S/C18H22N4O2S2/c19-6-5-16-21-15(12-26-16)18(24)20-14-3-1-13(2-4-14)11-17(23)22-7-9-25-10-8-22/h1-4,12H,5-11,19H2,(H,20,24). The van der Waals surface area contributed by atoms with Gasteiger partial charge in [0.05, 0.1) is 11.4 Å². The Morgan fingerprint density at radius 3 is 2.62 bits per heavy atom. The van der Waals surface area contributed by atoms with Crippen molar-refractivity contribution in [3.05, 3.63) is 45.9 Å². The van der Waals surface area contributed by atoms with E-state index in [4.69, 9.17) is 5.73 Å². The average molecular weight is 391 g/mol. The van der Waals surface area contributed by atoms with Crippen molar-refractivity contribution in [3.63, 3.8) is 0 Å². The summed E-state index contributed by atoms with van der Waals surface area (Å²) in [7, 11) is 0. The van der Waals surface area contributed by atoms with E-state index in [0.717, 1.165) is 35.2 Å². The predicted octanol–water partition coefficient (Wildman–Crippen LogP) is 2.01. The van der Waals surface area contributed by atoms with Gasteiger partial charge in [0.1, 0.15) is 5.69 Å². The molecule has 2 aromatic rings. The van der Waals surface area contributed by atoms with Crippen molar-refractivity contribution in [2.24, 2.45) is 5.73 Å². The third-order valence-electron chi connectivity index (χ3n) is 4.07. The molecule has 2 amide bonds. The molecule has 3 rings (SSSR count). The zero-order valence-electron chi connectivity index (χ0n) is 14.4. The minimum atomic E-state index is -0.237. The molecule has 0 spiro atoms. The molecule has 1 aromatic heterocycles. The van der Waals surface area contributed by atoms with Crippen molar-refractivity contribution < 1.29 is 9.59 Å².